The zero-order valence-corrected chi connectivity index (χ0v) is 12.7. The number of hydrogen-bond acceptors (Lipinski definition) is 2. The van der Waals surface area contributed by atoms with Gasteiger partial charge in [0.05, 0.1) is 4.90 Å². The topological polar surface area (TPSA) is 34.1 Å². The van der Waals surface area contributed by atoms with Crippen LogP contribution in [0.1, 0.15) is 5.56 Å². The number of aryl methyl sites for hydroxylation is 1. The maximum absolute atomic E-state index is 11.0. The van der Waals surface area contributed by atoms with E-state index >= 15 is 0 Å². The van der Waals surface area contributed by atoms with Gasteiger partial charge in [-0.25, -0.2) is 8.42 Å². The Kier molecular flexibility index (Phi) is 4.72. The van der Waals surface area contributed by atoms with Crippen molar-refractivity contribution < 1.29 is 8.42 Å². The van der Waals surface area contributed by atoms with Gasteiger partial charge in [0.2, 0.25) is 6.69 Å². The molecule has 0 saturated heterocycles. The van der Waals surface area contributed by atoms with Crippen LogP contribution in [0.15, 0.2) is 29.2 Å². The van der Waals surface area contributed by atoms with Crippen molar-refractivity contribution >= 4 is 48.6 Å². The molecule has 0 unspecified atom stereocenters. The van der Waals surface area contributed by atoms with Crippen molar-refractivity contribution in [1.82, 2.24) is 0 Å². The van der Waals surface area contributed by atoms with Gasteiger partial charge in [-0.1, -0.05) is 12.1 Å². The van der Waals surface area contributed by atoms with Crippen LogP contribution in [-0.4, -0.2) is 15.1 Å². The van der Waals surface area contributed by atoms with Crippen LogP contribution in [-0.2, 0) is 15.5 Å². The molecule has 0 radical (unpaired) electrons. The van der Waals surface area contributed by atoms with Crippen LogP contribution in [0.3, 0.4) is 0 Å². The average molecular weight is 318 g/mol. The fourth-order valence-electron chi connectivity index (χ4n) is 1.18. The third-order valence-corrected chi connectivity index (χ3v) is 5.69. The van der Waals surface area contributed by atoms with E-state index in [0.29, 0.717) is 0 Å². The van der Waals surface area contributed by atoms with Gasteiger partial charge >= 0.3 is 0 Å². The number of hydrogen-bond donors (Lipinski definition) is 0. The molecular weight excluding hydrogens is 307 g/mol. The zero-order valence-electron chi connectivity index (χ0n) is 8.58. The maximum atomic E-state index is 11.0. The normalized spacial score (nSPS) is 12.8. The zero-order chi connectivity index (χ0) is 12.4. The Bertz CT molecular complexity index is 451. The van der Waals surface area contributed by atoms with Crippen LogP contribution < -0.4 is 0 Å². The van der Waals surface area contributed by atoms with Crippen LogP contribution in [0.2, 0.25) is 12.6 Å². The molecule has 0 atom stereocenters. The van der Waals surface area contributed by atoms with E-state index in [9.17, 15) is 8.42 Å². The van der Waals surface area contributed by atoms with E-state index in [1.807, 2.05) is 6.55 Å². The van der Waals surface area contributed by atoms with Crippen LogP contribution in [0.4, 0.5) is 0 Å². The summed E-state index contributed by atoms with van der Waals surface area (Å²) in [5.74, 6) is 0. The van der Waals surface area contributed by atoms with Gasteiger partial charge in [0.25, 0.3) is 9.05 Å². The predicted molar refractivity (Wildman–Crippen MR) is 71.3 cm³/mol. The van der Waals surface area contributed by atoms with Gasteiger partial charge in [-0.2, -0.15) is 0 Å². The van der Waals surface area contributed by atoms with Crippen LogP contribution in [0, 0.1) is 0 Å². The first-order chi connectivity index (χ1) is 7.18. The molecule has 2 nitrogen and oxygen atoms in total. The molecular formula is C9H11Cl3O2SSi. The molecule has 0 aromatic heterocycles. The summed E-state index contributed by atoms with van der Waals surface area (Å²) in [6.45, 7) is -0.235. The highest BCUT2D eigenvalue weighted by Gasteiger charge is 2.20. The highest BCUT2D eigenvalue weighted by Crippen LogP contribution is 2.23. The minimum atomic E-state index is -3.63. The number of rotatable bonds is 4. The van der Waals surface area contributed by atoms with Crippen molar-refractivity contribution in [1.29, 1.82) is 0 Å². The molecule has 90 valence electrons. The Balaban J connectivity index is 2.73. The fourth-order valence-corrected chi connectivity index (χ4v) is 3.25. The third kappa shape index (κ3) is 5.06. The second-order valence-electron chi connectivity index (χ2n) is 3.65. The predicted octanol–water partition coefficient (Wildman–Crippen LogP) is 3.71. The summed E-state index contributed by atoms with van der Waals surface area (Å²) in [5.41, 5.74) is 1.00. The minimum absolute atomic E-state index is 0.106. The van der Waals surface area contributed by atoms with Crippen molar-refractivity contribution in [2.45, 2.75) is 23.9 Å². The minimum Gasteiger partial charge on any atom is -0.207 e. The van der Waals surface area contributed by atoms with Crippen molar-refractivity contribution in [2.24, 2.45) is 0 Å². The van der Waals surface area contributed by atoms with Crippen molar-refractivity contribution in [3.63, 3.8) is 0 Å². The fraction of sp³-hybridized carbons (Fsp3) is 0.333. The highest BCUT2D eigenvalue weighted by molar-refractivity contribution is 8.13. The Hall–Kier alpha value is 0.257. The molecule has 1 rings (SSSR count). The van der Waals surface area contributed by atoms with Gasteiger partial charge in [-0.05, 0) is 36.7 Å². The molecule has 1 aromatic rings. The van der Waals surface area contributed by atoms with Gasteiger partial charge in [0.15, 0.2) is 0 Å². The molecule has 16 heavy (non-hydrogen) atoms. The van der Waals surface area contributed by atoms with Crippen molar-refractivity contribution in [3.8, 4) is 0 Å². The van der Waals surface area contributed by atoms with E-state index in [4.69, 9.17) is 32.8 Å². The lowest BCUT2D eigenvalue weighted by atomic mass is 10.2. The van der Waals surface area contributed by atoms with Gasteiger partial charge in [0, 0.05) is 10.7 Å². The Morgan fingerprint density at radius 1 is 1.19 bits per heavy atom. The molecule has 0 fully saturated rings. The van der Waals surface area contributed by atoms with E-state index in [-0.39, 0.29) is 4.90 Å². The lowest BCUT2D eigenvalue weighted by Crippen LogP contribution is -2.13. The van der Waals surface area contributed by atoms with Gasteiger partial charge < -0.3 is 0 Å². The second kappa shape index (κ2) is 5.27. The first-order valence-corrected chi connectivity index (χ1v) is 11.6. The molecule has 7 heteroatoms. The molecule has 0 saturated carbocycles. The second-order valence-corrected chi connectivity index (χ2v) is 14.4. The smallest absolute Gasteiger partial charge is 0.207 e. The molecule has 0 aliphatic carbocycles. The van der Waals surface area contributed by atoms with Crippen LogP contribution in [0.25, 0.3) is 0 Å². The largest absolute Gasteiger partial charge is 0.261 e. The molecule has 0 amide bonds. The van der Waals surface area contributed by atoms with E-state index in [0.717, 1.165) is 18.0 Å². The van der Waals surface area contributed by atoms with Crippen molar-refractivity contribution in [3.05, 3.63) is 29.8 Å². The summed E-state index contributed by atoms with van der Waals surface area (Å²) >= 11 is 11.9. The number of halogens is 3. The Morgan fingerprint density at radius 3 is 2.06 bits per heavy atom. The van der Waals surface area contributed by atoms with E-state index in [1.165, 1.54) is 12.1 Å². The van der Waals surface area contributed by atoms with Gasteiger partial charge in [-0.3, -0.25) is 0 Å². The number of benzene rings is 1. The standard InChI is InChI=1S/C9H11Cl3O2SSi/c1-16(11,12)7-6-8-2-4-9(5-3-8)15(10,13)14/h2-5H,6-7H2,1H3. The van der Waals surface area contributed by atoms with E-state index in [2.05, 4.69) is 0 Å². The molecule has 0 spiro atoms. The molecule has 1 aromatic carbocycles. The first-order valence-electron chi connectivity index (χ1n) is 4.60. The molecule has 0 N–H and O–H groups in total. The SMILES string of the molecule is C[Si](Cl)(Cl)CCc1ccc(S(=O)(=O)Cl)cc1. The summed E-state index contributed by atoms with van der Waals surface area (Å²) in [6.07, 6.45) is 0.748. The summed E-state index contributed by atoms with van der Waals surface area (Å²) in [7, 11) is 1.56. The summed E-state index contributed by atoms with van der Waals surface area (Å²) in [6, 6.07) is 7.16. The quantitative estimate of drug-likeness (QED) is 0.482. The molecule has 0 heterocycles. The first kappa shape index (κ1) is 14.3. The lowest BCUT2D eigenvalue weighted by Gasteiger charge is -2.09. The van der Waals surface area contributed by atoms with Gasteiger partial charge in [0.1, 0.15) is 0 Å². The molecule has 0 aliphatic heterocycles. The van der Waals surface area contributed by atoms with Gasteiger partial charge in [-0.15, -0.1) is 22.2 Å². The van der Waals surface area contributed by atoms with Crippen molar-refractivity contribution in [2.75, 3.05) is 0 Å². The third-order valence-electron chi connectivity index (χ3n) is 2.06. The van der Waals surface area contributed by atoms with E-state index < -0.39 is 15.7 Å². The lowest BCUT2D eigenvalue weighted by molar-refractivity contribution is 0.609. The molecule has 0 aliphatic rings. The summed E-state index contributed by atoms with van der Waals surface area (Å²) in [5, 5.41) is 0. The average Bonchev–Trinajstić information content (AvgIpc) is 2.13. The van der Waals surface area contributed by atoms with Crippen LogP contribution in [0.5, 0.6) is 0 Å². The highest BCUT2D eigenvalue weighted by atomic mass is 35.7. The van der Waals surface area contributed by atoms with Crippen LogP contribution >= 0.6 is 32.8 Å². The monoisotopic (exact) mass is 316 g/mol. The van der Waals surface area contributed by atoms with E-state index in [1.54, 1.807) is 12.1 Å². The Morgan fingerprint density at radius 2 is 1.69 bits per heavy atom. The Labute approximate surface area is 110 Å². The molecule has 0 bridgehead atoms. The summed E-state index contributed by atoms with van der Waals surface area (Å²) in [4.78, 5) is 0.106. The summed E-state index contributed by atoms with van der Waals surface area (Å²) < 4.78 is 22.0. The maximum Gasteiger partial charge on any atom is 0.261 e.